The molecule has 0 fully saturated rings. The molecule has 0 bridgehead atoms. The SMILES string of the molecule is CCCc1c(OCC(O)COc2ccc3c(=O)cc(/C=C/C(=O)[O-])oc3c2CCC)ccc(C(C)=O)c1O. The van der Waals surface area contributed by atoms with Gasteiger partial charge in [0.1, 0.15) is 47.9 Å². The zero-order chi connectivity index (χ0) is 27.8. The van der Waals surface area contributed by atoms with E-state index in [1.807, 2.05) is 13.8 Å². The highest BCUT2D eigenvalue weighted by molar-refractivity contribution is 5.97. The normalized spacial score (nSPS) is 12.1. The fourth-order valence-electron chi connectivity index (χ4n) is 4.08. The number of carbonyl (C=O) groups is 2. The highest BCUT2D eigenvalue weighted by atomic mass is 16.5. The van der Waals surface area contributed by atoms with Crippen LogP contribution in [-0.4, -0.2) is 41.3 Å². The van der Waals surface area contributed by atoms with Crippen LogP contribution in [0, 0.1) is 0 Å². The van der Waals surface area contributed by atoms with Gasteiger partial charge in [-0.05, 0) is 56.2 Å². The third-order valence-corrected chi connectivity index (χ3v) is 5.84. The maximum Gasteiger partial charge on any atom is 0.193 e. The van der Waals surface area contributed by atoms with Crippen molar-refractivity contribution in [3.8, 4) is 17.2 Å². The lowest BCUT2D eigenvalue weighted by Gasteiger charge is -2.18. The van der Waals surface area contributed by atoms with E-state index in [2.05, 4.69) is 0 Å². The lowest BCUT2D eigenvalue weighted by atomic mass is 10.0. The molecule has 0 aliphatic rings. The van der Waals surface area contributed by atoms with Crippen molar-refractivity contribution >= 4 is 28.8 Å². The number of ketones is 1. The van der Waals surface area contributed by atoms with Gasteiger partial charge in [0.25, 0.3) is 0 Å². The Morgan fingerprint density at radius 3 is 2.24 bits per heavy atom. The molecule has 38 heavy (non-hydrogen) atoms. The molecule has 1 aromatic heterocycles. The summed E-state index contributed by atoms with van der Waals surface area (Å²) in [6, 6.07) is 7.48. The van der Waals surface area contributed by atoms with Crippen molar-refractivity contribution in [2.24, 2.45) is 0 Å². The van der Waals surface area contributed by atoms with E-state index in [9.17, 15) is 29.7 Å². The number of phenols is 1. The molecule has 0 amide bonds. The summed E-state index contributed by atoms with van der Waals surface area (Å²) in [5.74, 6) is -0.921. The summed E-state index contributed by atoms with van der Waals surface area (Å²) in [7, 11) is 0. The van der Waals surface area contributed by atoms with Crippen LogP contribution in [0.2, 0.25) is 0 Å². The van der Waals surface area contributed by atoms with E-state index in [4.69, 9.17) is 13.9 Å². The molecule has 0 aliphatic heterocycles. The van der Waals surface area contributed by atoms with Crippen molar-refractivity contribution in [3.05, 3.63) is 69.1 Å². The highest BCUT2D eigenvalue weighted by Gasteiger charge is 2.18. The Morgan fingerprint density at radius 1 is 1.03 bits per heavy atom. The molecular weight excluding hydrogens is 492 g/mol. The summed E-state index contributed by atoms with van der Waals surface area (Å²) in [5.41, 5.74) is 1.30. The number of fused-ring (bicyclic) bond motifs is 1. The van der Waals surface area contributed by atoms with Crippen LogP contribution >= 0.6 is 0 Å². The van der Waals surface area contributed by atoms with Gasteiger partial charge in [-0.3, -0.25) is 9.59 Å². The Morgan fingerprint density at radius 2 is 1.63 bits per heavy atom. The Hall–Kier alpha value is -4.11. The first-order valence-electron chi connectivity index (χ1n) is 12.4. The Balaban J connectivity index is 1.79. The second-order valence-electron chi connectivity index (χ2n) is 8.85. The van der Waals surface area contributed by atoms with Gasteiger partial charge in [0.2, 0.25) is 0 Å². The molecule has 1 atom stereocenters. The Kier molecular flexibility index (Phi) is 9.67. The highest BCUT2D eigenvalue weighted by Crippen LogP contribution is 2.33. The fraction of sp³-hybridized carbons (Fsp3) is 0.345. The topological polar surface area (TPSA) is 146 Å². The molecule has 1 heterocycles. The summed E-state index contributed by atoms with van der Waals surface area (Å²) in [6.45, 7) is 5.01. The van der Waals surface area contributed by atoms with E-state index in [0.717, 1.165) is 18.6 Å². The van der Waals surface area contributed by atoms with Crippen LogP contribution in [0.15, 0.2) is 45.6 Å². The quantitative estimate of drug-likeness (QED) is 0.255. The van der Waals surface area contributed by atoms with Crippen LogP contribution in [0.3, 0.4) is 0 Å². The zero-order valence-electron chi connectivity index (χ0n) is 21.6. The molecule has 2 aromatic carbocycles. The van der Waals surface area contributed by atoms with E-state index in [1.165, 1.54) is 19.1 Å². The van der Waals surface area contributed by atoms with Crippen molar-refractivity contribution in [2.75, 3.05) is 13.2 Å². The van der Waals surface area contributed by atoms with Crippen molar-refractivity contribution in [2.45, 2.75) is 52.6 Å². The van der Waals surface area contributed by atoms with Crippen molar-refractivity contribution in [1.29, 1.82) is 0 Å². The number of aliphatic carboxylic acids is 1. The molecule has 3 aromatic rings. The van der Waals surface area contributed by atoms with Gasteiger partial charge in [0.05, 0.1) is 16.9 Å². The second-order valence-corrected chi connectivity index (χ2v) is 8.85. The summed E-state index contributed by atoms with van der Waals surface area (Å²) in [6.07, 6.45) is 3.33. The predicted molar refractivity (Wildman–Crippen MR) is 140 cm³/mol. The smallest absolute Gasteiger partial charge is 0.193 e. The number of benzene rings is 2. The lowest BCUT2D eigenvalue weighted by Crippen LogP contribution is -2.25. The third kappa shape index (κ3) is 6.80. The average Bonchev–Trinajstić information content (AvgIpc) is 2.87. The maximum absolute atomic E-state index is 12.6. The van der Waals surface area contributed by atoms with Gasteiger partial charge in [-0.25, -0.2) is 0 Å². The van der Waals surface area contributed by atoms with Gasteiger partial charge in [0, 0.05) is 17.2 Å². The lowest BCUT2D eigenvalue weighted by molar-refractivity contribution is -0.297. The Bertz CT molecular complexity index is 1400. The van der Waals surface area contributed by atoms with Gasteiger partial charge < -0.3 is 34.0 Å². The number of hydrogen-bond acceptors (Lipinski definition) is 9. The molecule has 9 nitrogen and oxygen atoms in total. The van der Waals surface area contributed by atoms with Crippen LogP contribution in [-0.2, 0) is 17.6 Å². The molecule has 0 radical (unpaired) electrons. The van der Waals surface area contributed by atoms with E-state index in [-0.39, 0.29) is 47.1 Å². The van der Waals surface area contributed by atoms with Gasteiger partial charge >= 0.3 is 0 Å². The summed E-state index contributed by atoms with van der Waals surface area (Å²) < 4.78 is 17.4. The van der Waals surface area contributed by atoms with Crippen molar-refractivity contribution < 1.29 is 38.8 Å². The molecule has 202 valence electrons. The number of carboxylic acids is 1. The molecule has 0 spiro atoms. The molecule has 1 unspecified atom stereocenters. The fourth-order valence-corrected chi connectivity index (χ4v) is 4.08. The van der Waals surface area contributed by atoms with Gasteiger partial charge in [-0.1, -0.05) is 26.7 Å². The van der Waals surface area contributed by atoms with Crippen LogP contribution in [0.1, 0.15) is 60.9 Å². The maximum atomic E-state index is 12.6. The number of aliphatic hydroxyl groups excluding tert-OH is 1. The van der Waals surface area contributed by atoms with Gasteiger partial charge in [-0.2, -0.15) is 0 Å². The zero-order valence-corrected chi connectivity index (χ0v) is 21.6. The minimum atomic E-state index is -1.42. The summed E-state index contributed by atoms with van der Waals surface area (Å²) in [4.78, 5) is 35.1. The number of aliphatic hydroxyl groups is 1. The van der Waals surface area contributed by atoms with Crippen LogP contribution in [0.5, 0.6) is 17.2 Å². The number of aryl methyl sites for hydroxylation is 1. The predicted octanol–water partition coefficient (Wildman–Crippen LogP) is 3.19. The van der Waals surface area contributed by atoms with Crippen LogP contribution in [0.4, 0.5) is 0 Å². The van der Waals surface area contributed by atoms with E-state index < -0.39 is 12.1 Å². The van der Waals surface area contributed by atoms with E-state index in [1.54, 1.807) is 18.2 Å². The monoisotopic (exact) mass is 523 g/mol. The number of hydrogen-bond donors (Lipinski definition) is 2. The average molecular weight is 524 g/mol. The van der Waals surface area contributed by atoms with Gasteiger partial charge in [0.15, 0.2) is 11.2 Å². The molecule has 0 saturated carbocycles. The second kappa shape index (κ2) is 12.9. The summed E-state index contributed by atoms with van der Waals surface area (Å²) >= 11 is 0. The number of carboxylic acid groups (broad SMARTS) is 1. The number of rotatable bonds is 13. The third-order valence-electron chi connectivity index (χ3n) is 5.84. The minimum Gasteiger partial charge on any atom is -0.545 e. The number of aromatic hydroxyl groups is 1. The summed E-state index contributed by atoms with van der Waals surface area (Å²) in [5, 5.41) is 32.1. The van der Waals surface area contributed by atoms with Crippen molar-refractivity contribution in [1.82, 2.24) is 0 Å². The van der Waals surface area contributed by atoms with Crippen LogP contribution in [0.25, 0.3) is 17.0 Å². The van der Waals surface area contributed by atoms with E-state index in [0.29, 0.717) is 47.3 Å². The minimum absolute atomic E-state index is 0.0663. The standard InChI is InChI=1S/C29H32O9/c1-4-6-22-25(11-9-20(17(3)30)28(22)35)36-15-18(31)16-37-26-12-10-21-24(32)14-19(8-13-27(33)34)38-29(21)23(26)7-5-2/h8-14,18,31,35H,4-7,15-16H2,1-3H3,(H,33,34)/p-1/b13-8+. The first-order valence-corrected chi connectivity index (χ1v) is 12.4. The first kappa shape index (κ1) is 28.5. The largest absolute Gasteiger partial charge is 0.545 e. The number of carbonyl (C=O) groups excluding carboxylic acids is 2. The molecular formula is C29H31O9-. The number of phenolic OH excluding ortho intramolecular Hbond substituents is 1. The molecule has 3 rings (SSSR count). The molecule has 0 aliphatic carbocycles. The van der Waals surface area contributed by atoms with Crippen molar-refractivity contribution in [3.63, 3.8) is 0 Å². The van der Waals surface area contributed by atoms with Crippen LogP contribution < -0.4 is 20.0 Å². The Labute approximate surface area is 219 Å². The molecule has 0 saturated heterocycles. The first-order chi connectivity index (χ1) is 18.2. The van der Waals surface area contributed by atoms with Gasteiger partial charge in [-0.15, -0.1) is 0 Å². The van der Waals surface area contributed by atoms with E-state index >= 15 is 0 Å². The number of Topliss-reactive ketones (excluding diaryl/α,β-unsaturated/α-hetero) is 1. The molecule has 2 N–H and O–H groups in total. The molecule has 9 heteroatoms. The number of ether oxygens (including phenoxy) is 2.